The maximum atomic E-state index is 15.5. The largest absolute Gasteiger partial charge is 0.494 e. The number of aryl methyl sites for hydroxylation is 1. The van der Waals surface area contributed by atoms with E-state index in [1.165, 1.54) is 12.1 Å². The van der Waals surface area contributed by atoms with Crippen LogP contribution in [0.5, 0.6) is 5.75 Å². The van der Waals surface area contributed by atoms with Crippen LogP contribution in [0.3, 0.4) is 0 Å². The van der Waals surface area contributed by atoms with Crippen LogP contribution in [0.4, 0.5) is 43.3 Å². The molecule has 360 valence electrons. The van der Waals surface area contributed by atoms with Crippen LogP contribution in [0.15, 0.2) is 59.5 Å². The molecule has 0 spiro atoms. The second kappa shape index (κ2) is 20.4. The molecule has 4 fully saturated rings. The number of carbonyl (C=O) groups is 2. The second-order valence-corrected chi connectivity index (χ2v) is 22.8. The first kappa shape index (κ1) is 47.8. The van der Waals surface area contributed by atoms with E-state index in [9.17, 15) is 14.2 Å². The van der Waals surface area contributed by atoms with Crippen LogP contribution in [0.1, 0.15) is 68.4 Å². The summed E-state index contributed by atoms with van der Waals surface area (Å²) in [6.45, 7) is 13.1. The normalized spacial score (nSPS) is 19.4. The summed E-state index contributed by atoms with van der Waals surface area (Å²) in [5.41, 5.74) is 5.24. The molecular formula is C49H59BrF2N11O4P. The minimum Gasteiger partial charge on any atom is -0.494 e. The lowest BCUT2D eigenvalue weighted by Gasteiger charge is -2.44. The van der Waals surface area contributed by atoms with Gasteiger partial charge in [-0.2, -0.15) is 4.98 Å². The van der Waals surface area contributed by atoms with E-state index in [4.69, 9.17) is 9.72 Å². The molecule has 4 aliphatic heterocycles. The zero-order valence-corrected chi connectivity index (χ0v) is 41.5. The first-order valence-corrected chi connectivity index (χ1v) is 27.0. The zero-order chi connectivity index (χ0) is 47.7. The number of nitrogens with zero attached hydrogens (tertiary/aromatic N) is 8. The first-order valence-electron chi connectivity index (χ1n) is 23.6. The van der Waals surface area contributed by atoms with E-state index in [1.54, 1.807) is 39.0 Å². The van der Waals surface area contributed by atoms with E-state index in [0.717, 1.165) is 108 Å². The highest BCUT2D eigenvalue weighted by molar-refractivity contribution is 9.10. The molecule has 0 saturated carbocycles. The number of carbonyl (C=O) groups excluding carboxylic acids is 2. The number of fused-ring (bicyclic) bond motifs is 1. The van der Waals surface area contributed by atoms with Gasteiger partial charge in [0.15, 0.2) is 0 Å². The van der Waals surface area contributed by atoms with Gasteiger partial charge >= 0.3 is 0 Å². The fourth-order valence-corrected chi connectivity index (χ4v) is 12.3. The Bertz CT molecular complexity index is 2710. The third-order valence-electron chi connectivity index (χ3n) is 14.0. The van der Waals surface area contributed by atoms with E-state index < -0.39 is 36.5 Å². The van der Waals surface area contributed by atoms with Crippen molar-refractivity contribution in [3.05, 3.63) is 82.2 Å². The highest BCUT2D eigenvalue weighted by Crippen LogP contribution is 2.42. The van der Waals surface area contributed by atoms with Gasteiger partial charge in [-0.25, -0.2) is 13.8 Å². The number of imide groups is 1. The number of aromatic nitrogens is 4. The number of piperazine rings is 1. The number of ether oxygens (including phenoxy) is 1. The number of methoxy groups -OCH3 is 1. The lowest BCUT2D eigenvalue weighted by molar-refractivity contribution is -0.133. The van der Waals surface area contributed by atoms with Gasteiger partial charge in [-0.1, -0.05) is 0 Å². The summed E-state index contributed by atoms with van der Waals surface area (Å²) < 4.78 is 51.1. The monoisotopic (exact) mass is 1010 g/mol. The molecule has 1 atom stereocenters. The molecule has 9 rings (SSSR count). The third kappa shape index (κ3) is 10.5. The van der Waals surface area contributed by atoms with Crippen molar-refractivity contribution in [2.75, 3.05) is 93.2 Å². The van der Waals surface area contributed by atoms with E-state index in [-0.39, 0.29) is 24.4 Å². The first-order chi connectivity index (χ1) is 32.7. The fourth-order valence-electron chi connectivity index (χ4n) is 10.6. The summed E-state index contributed by atoms with van der Waals surface area (Å²) in [6, 6.07) is 11.4. The number of amides is 2. The number of hydrogen-bond acceptors (Lipinski definition) is 14. The highest BCUT2D eigenvalue weighted by Gasteiger charge is 2.34. The van der Waals surface area contributed by atoms with E-state index in [1.807, 2.05) is 12.1 Å². The predicted molar refractivity (Wildman–Crippen MR) is 267 cm³/mol. The van der Waals surface area contributed by atoms with Gasteiger partial charge in [0.1, 0.15) is 35.9 Å². The highest BCUT2D eigenvalue weighted by atomic mass is 79.9. The van der Waals surface area contributed by atoms with Crippen LogP contribution in [-0.2, 0) is 14.2 Å². The number of benzene rings is 3. The van der Waals surface area contributed by atoms with Crippen molar-refractivity contribution in [2.24, 2.45) is 0 Å². The topological polar surface area (TPSA) is 161 Å². The molecule has 0 aliphatic carbocycles. The average Bonchev–Trinajstić information content (AvgIpc) is 3.31. The van der Waals surface area contributed by atoms with Gasteiger partial charge in [0.25, 0.3) is 0 Å². The number of anilines is 6. The maximum absolute atomic E-state index is 15.5. The van der Waals surface area contributed by atoms with Gasteiger partial charge in [0, 0.05) is 125 Å². The van der Waals surface area contributed by atoms with Gasteiger partial charge in [-0.15, -0.1) is 0 Å². The van der Waals surface area contributed by atoms with Crippen LogP contribution >= 0.6 is 23.1 Å². The van der Waals surface area contributed by atoms with Crippen molar-refractivity contribution in [2.45, 2.75) is 76.3 Å². The molecule has 3 aromatic carbocycles. The fraction of sp³-hybridized carbons (Fsp3) is 0.469. The summed E-state index contributed by atoms with van der Waals surface area (Å²) in [7, 11) is -1.12. The number of nitrogens with one attached hydrogen (secondary N) is 3. The number of rotatable bonds is 13. The Morgan fingerprint density at radius 3 is 2.29 bits per heavy atom. The lowest BCUT2D eigenvalue weighted by atomic mass is 9.88. The minimum absolute atomic E-state index is 0.105. The Labute approximate surface area is 404 Å². The third-order valence-corrected chi connectivity index (χ3v) is 16.1. The van der Waals surface area contributed by atoms with Crippen LogP contribution in [0.25, 0.3) is 11.0 Å². The Hall–Kier alpha value is -5.29. The molecule has 0 bridgehead atoms. The van der Waals surface area contributed by atoms with Crippen molar-refractivity contribution >= 4 is 85.7 Å². The van der Waals surface area contributed by atoms with Crippen molar-refractivity contribution in [1.82, 2.24) is 35.1 Å². The molecule has 4 saturated heterocycles. The minimum atomic E-state index is -2.78. The molecule has 3 N–H and O–H groups in total. The van der Waals surface area contributed by atoms with E-state index >= 15 is 8.78 Å². The van der Waals surface area contributed by atoms with Crippen LogP contribution in [-0.4, -0.2) is 126 Å². The molecule has 68 heavy (non-hydrogen) atoms. The quantitative estimate of drug-likeness (QED) is 0.0768. The van der Waals surface area contributed by atoms with Crippen LogP contribution in [0.2, 0.25) is 0 Å². The Kier molecular flexibility index (Phi) is 14.3. The summed E-state index contributed by atoms with van der Waals surface area (Å²) in [5.74, 6) is -1.63. The average molecular weight is 1010 g/mol. The number of halogens is 3. The van der Waals surface area contributed by atoms with Gasteiger partial charge in [0.2, 0.25) is 17.8 Å². The summed E-state index contributed by atoms with van der Waals surface area (Å²) in [5, 5.41) is 9.56. The molecule has 15 nitrogen and oxygen atoms in total. The summed E-state index contributed by atoms with van der Waals surface area (Å²) in [6.07, 6.45) is 10.7. The molecule has 1 unspecified atom stereocenters. The van der Waals surface area contributed by atoms with E-state index in [2.05, 4.69) is 85.5 Å². The number of piperidine rings is 3. The molecule has 0 radical (unpaired) electrons. The predicted octanol–water partition coefficient (Wildman–Crippen LogP) is 8.07. The second-order valence-electron chi connectivity index (χ2n) is 18.8. The molecule has 2 aromatic heterocycles. The molecule has 4 aliphatic rings. The lowest BCUT2D eigenvalue weighted by Crippen LogP contribution is -2.53. The molecule has 5 aromatic rings. The van der Waals surface area contributed by atoms with Crippen molar-refractivity contribution in [3.63, 3.8) is 0 Å². The van der Waals surface area contributed by atoms with Crippen molar-refractivity contribution < 1.29 is 27.7 Å². The Balaban J connectivity index is 0.779. The standard InChI is InChI=1S/C49H59BrF2N11O4P/c1-30-23-40(57-49-55-29-35(50)48(59-49)56-39-9-8-38-46(54-14-13-53-38)47(39)68(3,4)66)42(67-2)28-41(30)62-17-11-32(12-18-62)61-21-19-60(20-22-61)16-10-33-7-5-6-15-63(33)34-26-36(51)45(37(52)27-34)31-24-43(64)58-44(65)25-31/h8-9,13-14,23,26-29,31-33H,5-7,10-12,15-22,24-25H2,1-4H3,(H,58,64,65)(H2,55,56,57,59). The van der Waals surface area contributed by atoms with Crippen LogP contribution < -0.4 is 35.8 Å². The summed E-state index contributed by atoms with van der Waals surface area (Å²) >= 11 is 3.59. The van der Waals surface area contributed by atoms with E-state index in [0.29, 0.717) is 55.7 Å². The zero-order valence-electron chi connectivity index (χ0n) is 39.0. The van der Waals surface area contributed by atoms with Crippen LogP contribution in [0, 0.1) is 18.6 Å². The van der Waals surface area contributed by atoms with Crippen molar-refractivity contribution in [3.8, 4) is 5.75 Å². The van der Waals surface area contributed by atoms with Gasteiger partial charge in [-0.05, 0) is 111 Å². The molecule has 6 heterocycles. The molecular weight excluding hydrogens is 955 g/mol. The molecule has 2 amide bonds. The van der Waals surface area contributed by atoms with Crippen molar-refractivity contribution in [1.29, 1.82) is 0 Å². The number of hydrogen-bond donors (Lipinski definition) is 3. The van der Waals surface area contributed by atoms with Gasteiger partial charge < -0.3 is 34.6 Å². The summed E-state index contributed by atoms with van der Waals surface area (Å²) in [4.78, 5) is 51.9. The maximum Gasteiger partial charge on any atom is 0.229 e. The smallest absolute Gasteiger partial charge is 0.229 e. The Morgan fingerprint density at radius 1 is 0.868 bits per heavy atom. The SMILES string of the molecule is COc1cc(N2CCC(N3CCN(CCC4CCCCN4c4cc(F)c(C5CC(=O)NC(=O)C5)c(F)c4)CC3)CC2)c(C)cc1Nc1ncc(Br)c(Nc2ccc3nccnc3c2P(C)(C)=O)n1. The van der Waals surface area contributed by atoms with Gasteiger partial charge in [-0.3, -0.25) is 29.8 Å². The Morgan fingerprint density at radius 2 is 1.59 bits per heavy atom. The van der Waals surface area contributed by atoms with Gasteiger partial charge in [0.05, 0.1) is 33.8 Å². The molecule has 19 heteroatoms.